The Morgan fingerprint density at radius 1 is 0.805 bits per heavy atom. The average molecular weight is 572 g/mol. The molecule has 4 aromatic carbocycles. The molecule has 0 saturated heterocycles. The number of sulfonamides is 1. The van der Waals surface area contributed by atoms with Crippen molar-refractivity contribution in [1.82, 2.24) is 10.2 Å². The molecular formula is C32H33N3O5S. The minimum absolute atomic E-state index is 0.0434. The second kappa shape index (κ2) is 13.1. The molecule has 2 amide bonds. The third-order valence-corrected chi connectivity index (χ3v) is 8.39. The number of hydrogen-bond donors (Lipinski definition) is 1. The van der Waals surface area contributed by atoms with Gasteiger partial charge in [-0.2, -0.15) is 0 Å². The molecule has 9 heteroatoms. The number of carbonyl (C=O) groups is 2. The Labute approximate surface area is 241 Å². The molecule has 4 rings (SSSR count). The predicted molar refractivity (Wildman–Crippen MR) is 159 cm³/mol. The molecule has 212 valence electrons. The summed E-state index contributed by atoms with van der Waals surface area (Å²) in [4.78, 5) is 27.9. The molecule has 0 aliphatic heterocycles. The van der Waals surface area contributed by atoms with Crippen LogP contribution < -0.4 is 14.4 Å². The van der Waals surface area contributed by atoms with Crippen LogP contribution in [0.15, 0.2) is 114 Å². The molecule has 4 aromatic rings. The van der Waals surface area contributed by atoms with Gasteiger partial charge < -0.3 is 15.0 Å². The van der Waals surface area contributed by atoms with Crippen molar-refractivity contribution in [2.75, 3.05) is 17.9 Å². The molecule has 1 N–H and O–H groups in total. The number of aryl methyl sites for hydroxylation is 1. The molecule has 0 fully saturated rings. The van der Waals surface area contributed by atoms with Gasteiger partial charge in [0.25, 0.3) is 10.0 Å². The lowest BCUT2D eigenvalue weighted by atomic mass is 10.1. The Kier molecular flexibility index (Phi) is 9.41. The molecule has 0 aliphatic carbocycles. The highest BCUT2D eigenvalue weighted by Gasteiger charge is 2.32. The van der Waals surface area contributed by atoms with Crippen LogP contribution in [0.2, 0.25) is 0 Å². The fraction of sp³-hybridized carbons (Fsp3) is 0.188. The van der Waals surface area contributed by atoms with Crippen LogP contribution in [-0.2, 0) is 26.2 Å². The number of carbonyl (C=O) groups excluding carboxylic acids is 2. The summed E-state index contributed by atoms with van der Waals surface area (Å²) in [6, 6.07) is 30.4. The Hall–Kier alpha value is -4.63. The Morgan fingerprint density at radius 2 is 1.37 bits per heavy atom. The first-order chi connectivity index (χ1) is 19.7. The van der Waals surface area contributed by atoms with E-state index in [0.717, 1.165) is 15.4 Å². The number of para-hydroxylation sites is 1. The number of anilines is 1. The lowest BCUT2D eigenvalue weighted by Gasteiger charge is -2.31. The van der Waals surface area contributed by atoms with Crippen LogP contribution in [-0.4, -0.2) is 44.8 Å². The Bertz CT molecular complexity index is 1560. The number of likely N-dealkylation sites (N-methyl/N-ethyl adjacent to an activating group) is 1. The maximum absolute atomic E-state index is 13.9. The summed E-state index contributed by atoms with van der Waals surface area (Å²) in [5.74, 6) is 0.271. The van der Waals surface area contributed by atoms with E-state index in [1.807, 2.05) is 61.5 Å². The summed E-state index contributed by atoms with van der Waals surface area (Å²) in [6.07, 6.45) is 0. The first kappa shape index (κ1) is 29.4. The largest absolute Gasteiger partial charge is 0.457 e. The molecule has 8 nitrogen and oxygen atoms in total. The molecule has 0 aromatic heterocycles. The van der Waals surface area contributed by atoms with Gasteiger partial charge in [0.1, 0.15) is 24.1 Å². The van der Waals surface area contributed by atoms with Crippen LogP contribution in [0.3, 0.4) is 0 Å². The van der Waals surface area contributed by atoms with Crippen LogP contribution in [0.25, 0.3) is 0 Å². The van der Waals surface area contributed by atoms with Gasteiger partial charge in [-0.25, -0.2) is 8.42 Å². The number of rotatable bonds is 11. The van der Waals surface area contributed by atoms with Gasteiger partial charge in [0.15, 0.2) is 0 Å². The van der Waals surface area contributed by atoms with Crippen molar-refractivity contribution in [3.05, 3.63) is 120 Å². The minimum Gasteiger partial charge on any atom is -0.457 e. The monoisotopic (exact) mass is 571 g/mol. The predicted octanol–water partition coefficient (Wildman–Crippen LogP) is 5.15. The summed E-state index contributed by atoms with van der Waals surface area (Å²) >= 11 is 0. The van der Waals surface area contributed by atoms with Crippen molar-refractivity contribution in [3.8, 4) is 11.5 Å². The second-order valence-electron chi connectivity index (χ2n) is 9.53. The topological polar surface area (TPSA) is 96.0 Å². The van der Waals surface area contributed by atoms with Gasteiger partial charge in [-0.1, -0.05) is 66.2 Å². The fourth-order valence-corrected chi connectivity index (χ4v) is 5.67. The lowest BCUT2D eigenvalue weighted by Crippen LogP contribution is -2.50. The molecule has 41 heavy (non-hydrogen) atoms. The molecule has 0 aliphatic rings. The van der Waals surface area contributed by atoms with E-state index in [1.54, 1.807) is 49.4 Å². The number of nitrogens with zero attached hydrogens (tertiary/aromatic N) is 2. The zero-order valence-electron chi connectivity index (χ0n) is 23.2. The van der Waals surface area contributed by atoms with Gasteiger partial charge >= 0.3 is 0 Å². The van der Waals surface area contributed by atoms with E-state index in [4.69, 9.17) is 4.74 Å². The van der Waals surface area contributed by atoms with E-state index < -0.39 is 28.5 Å². The van der Waals surface area contributed by atoms with E-state index >= 15 is 0 Å². The number of nitrogens with one attached hydrogen (secondary N) is 1. The molecule has 0 bridgehead atoms. The van der Waals surface area contributed by atoms with Gasteiger partial charge in [-0.05, 0) is 67.9 Å². The summed E-state index contributed by atoms with van der Waals surface area (Å²) in [5, 5.41) is 2.58. The van der Waals surface area contributed by atoms with Gasteiger partial charge in [0.2, 0.25) is 11.8 Å². The SMILES string of the molecule is CNC(=O)[C@@H](C)N(Cc1ccc(C)cc1)C(=O)CN(c1ccc(Oc2ccccc2)cc1)S(=O)(=O)c1ccccc1. The first-order valence-electron chi connectivity index (χ1n) is 13.2. The Balaban J connectivity index is 1.68. The van der Waals surface area contributed by atoms with Crippen LogP contribution >= 0.6 is 0 Å². The summed E-state index contributed by atoms with van der Waals surface area (Å²) < 4.78 is 34.7. The second-order valence-corrected chi connectivity index (χ2v) is 11.4. The molecular weight excluding hydrogens is 538 g/mol. The summed E-state index contributed by atoms with van der Waals surface area (Å²) in [5.41, 5.74) is 2.16. The number of benzene rings is 4. The molecule has 0 saturated carbocycles. The van der Waals surface area contributed by atoms with E-state index in [-0.39, 0.29) is 23.0 Å². The van der Waals surface area contributed by atoms with Gasteiger partial charge in [-0.15, -0.1) is 0 Å². The molecule has 0 unspecified atom stereocenters. The van der Waals surface area contributed by atoms with E-state index in [9.17, 15) is 18.0 Å². The lowest BCUT2D eigenvalue weighted by molar-refractivity contribution is -0.139. The van der Waals surface area contributed by atoms with Gasteiger partial charge in [-0.3, -0.25) is 13.9 Å². The van der Waals surface area contributed by atoms with Gasteiger partial charge in [0, 0.05) is 13.6 Å². The standard InChI is InChI=1S/C32H33N3O5S/c1-24-14-16-26(17-15-24)22-34(25(2)32(37)33-3)31(36)23-35(41(38,39)30-12-8-5-9-13-30)27-18-20-29(21-19-27)40-28-10-6-4-7-11-28/h4-21,25H,22-23H2,1-3H3,(H,33,37)/t25-/m1/s1. The molecule has 1 atom stereocenters. The first-order valence-corrected chi connectivity index (χ1v) is 14.6. The fourth-order valence-electron chi connectivity index (χ4n) is 4.24. The maximum Gasteiger partial charge on any atom is 0.264 e. The highest BCUT2D eigenvalue weighted by molar-refractivity contribution is 7.92. The zero-order valence-corrected chi connectivity index (χ0v) is 24.0. The minimum atomic E-state index is -4.14. The number of amides is 2. The van der Waals surface area contributed by atoms with Crippen LogP contribution in [0.1, 0.15) is 18.1 Å². The van der Waals surface area contributed by atoms with Crippen molar-refractivity contribution in [2.24, 2.45) is 0 Å². The third-order valence-electron chi connectivity index (χ3n) is 6.60. The third kappa shape index (κ3) is 7.32. The van der Waals surface area contributed by atoms with Crippen LogP contribution in [0.5, 0.6) is 11.5 Å². The number of ether oxygens (including phenoxy) is 1. The zero-order chi connectivity index (χ0) is 29.4. The maximum atomic E-state index is 13.9. The summed E-state index contributed by atoms with van der Waals surface area (Å²) in [7, 11) is -2.64. The Morgan fingerprint density at radius 3 is 1.95 bits per heavy atom. The average Bonchev–Trinajstić information content (AvgIpc) is 3.00. The number of hydrogen-bond acceptors (Lipinski definition) is 5. The van der Waals surface area contributed by atoms with Crippen molar-refractivity contribution < 1.29 is 22.7 Å². The highest BCUT2D eigenvalue weighted by atomic mass is 32.2. The van der Waals surface area contributed by atoms with E-state index in [2.05, 4.69) is 5.32 Å². The highest BCUT2D eigenvalue weighted by Crippen LogP contribution is 2.28. The van der Waals surface area contributed by atoms with Crippen molar-refractivity contribution in [1.29, 1.82) is 0 Å². The smallest absolute Gasteiger partial charge is 0.264 e. The van der Waals surface area contributed by atoms with Crippen molar-refractivity contribution in [3.63, 3.8) is 0 Å². The van der Waals surface area contributed by atoms with Crippen molar-refractivity contribution in [2.45, 2.75) is 31.3 Å². The van der Waals surface area contributed by atoms with Crippen LogP contribution in [0.4, 0.5) is 5.69 Å². The van der Waals surface area contributed by atoms with Crippen molar-refractivity contribution >= 4 is 27.5 Å². The van der Waals surface area contributed by atoms with Crippen LogP contribution in [0, 0.1) is 6.92 Å². The van der Waals surface area contributed by atoms with Gasteiger partial charge in [0.05, 0.1) is 10.6 Å². The molecule has 0 heterocycles. The van der Waals surface area contributed by atoms with E-state index in [1.165, 1.54) is 24.1 Å². The molecule has 0 spiro atoms. The summed E-state index contributed by atoms with van der Waals surface area (Å²) in [6.45, 7) is 3.21. The quantitative estimate of drug-likeness (QED) is 0.269. The molecule has 0 radical (unpaired) electrons. The van der Waals surface area contributed by atoms with E-state index in [0.29, 0.717) is 11.5 Å². The normalized spacial score (nSPS) is 11.8.